The molecule has 17 heavy (non-hydrogen) atoms. The molecule has 88 valence electrons. The molecule has 0 aliphatic rings. The van der Waals surface area contributed by atoms with Gasteiger partial charge in [0, 0.05) is 0 Å². The summed E-state index contributed by atoms with van der Waals surface area (Å²) in [6, 6.07) is 12.7. The number of aromatic carboxylic acids is 1. The Bertz CT molecular complexity index is 535. The van der Waals surface area contributed by atoms with Crippen molar-refractivity contribution in [3.8, 4) is 0 Å². The Balaban J connectivity index is 0.000000317. The summed E-state index contributed by atoms with van der Waals surface area (Å²) in [5.41, 5.74) is 0.359. The first-order valence-corrected chi connectivity index (χ1v) is 5.20. The summed E-state index contributed by atoms with van der Waals surface area (Å²) in [5.74, 6) is -0.711. The van der Waals surface area contributed by atoms with E-state index in [1.54, 1.807) is 12.1 Å². The van der Waals surface area contributed by atoms with Crippen LogP contribution in [0.1, 0.15) is 24.2 Å². The van der Waals surface area contributed by atoms with Gasteiger partial charge in [-0.2, -0.15) is 0 Å². The van der Waals surface area contributed by atoms with Crippen molar-refractivity contribution >= 4 is 22.5 Å². The molecule has 0 unspecified atom stereocenters. The molecule has 0 saturated heterocycles. The first-order valence-electron chi connectivity index (χ1n) is 5.20. The molecule has 2 rings (SSSR count). The number of fused-ring (bicyclic) bond motifs is 1. The Hall–Kier alpha value is -2.16. The summed E-state index contributed by atoms with van der Waals surface area (Å²) in [4.78, 5) is 20.3. The number of Topliss-reactive ketones (excluding diaryl/α,β-unsaturated/α-hetero) is 1. The van der Waals surface area contributed by atoms with Crippen LogP contribution in [0.2, 0.25) is 0 Å². The fourth-order valence-corrected chi connectivity index (χ4v) is 1.41. The van der Waals surface area contributed by atoms with Crippen molar-refractivity contribution in [2.24, 2.45) is 0 Å². The summed E-state index contributed by atoms with van der Waals surface area (Å²) in [7, 11) is 0. The molecule has 3 heteroatoms. The van der Waals surface area contributed by atoms with Crippen LogP contribution in [0.3, 0.4) is 0 Å². The molecule has 0 aromatic heterocycles. The van der Waals surface area contributed by atoms with Gasteiger partial charge in [-0.3, -0.25) is 0 Å². The zero-order valence-electron chi connectivity index (χ0n) is 9.81. The molecule has 0 heterocycles. The number of carboxylic acid groups (broad SMARTS) is 1. The molecular formula is C14H14O3. The minimum Gasteiger partial charge on any atom is -0.478 e. The fourth-order valence-electron chi connectivity index (χ4n) is 1.41. The monoisotopic (exact) mass is 230 g/mol. The highest BCUT2D eigenvalue weighted by molar-refractivity contribution is 6.03. The molecule has 0 radical (unpaired) electrons. The number of carboxylic acids is 1. The first-order chi connectivity index (χ1) is 8.02. The Morgan fingerprint density at radius 3 is 2.06 bits per heavy atom. The highest BCUT2D eigenvalue weighted by Crippen LogP contribution is 2.17. The lowest BCUT2D eigenvalue weighted by molar-refractivity contribution is -0.115. The highest BCUT2D eigenvalue weighted by atomic mass is 16.4. The summed E-state index contributed by atoms with van der Waals surface area (Å²) in [6.45, 7) is 3.06. The van der Waals surface area contributed by atoms with E-state index in [2.05, 4.69) is 0 Å². The number of ketones is 1. The Morgan fingerprint density at radius 2 is 1.47 bits per heavy atom. The van der Waals surface area contributed by atoms with Gasteiger partial charge in [-0.05, 0) is 30.7 Å². The van der Waals surface area contributed by atoms with Crippen molar-refractivity contribution in [3.63, 3.8) is 0 Å². The summed E-state index contributed by atoms with van der Waals surface area (Å²) in [6.07, 6.45) is 0. The van der Waals surface area contributed by atoms with Crippen molar-refractivity contribution in [2.75, 3.05) is 0 Å². The predicted molar refractivity (Wildman–Crippen MR) is 67.3 cm³/mol. The maximum Gasteiger partial charge on any atom is 0.336 e. The SMILES string of the molecule is CC(C)=O.O=C(O)c1cccc2ccccc12. The van der Waals surface area contributed by atoms with E-state index in [1.165, 1.54) is 13.8 Å². The van der Waals surface area contributed by atoms with Gasteiger partial charge in [-0.1, -0.05) is 36.4 Å². The van der Waals surface area contributed by atoms with Gasteiger partial charge < -0.3 is 9.90 Å². The molecule has 0 aliphatic heterocycles. The number of hydrogen-bond donors (Lipinski definition) is 1. The van der Waals surface area contributed by atoms with Gasteiger partial charge in [-0.25, -0.2) is 4.79 Å². The van der Waals surface area contributed by atoms with Gasteiger partial charge in [0.2, 0.25) is 0 Å². The molecule has 0 spiro atoms. The second kappa shape index (κ2) is 5.80. The third-order valence-electron chi connectivity index (χ3n) is 2.02. The van der Waals surface area contributed by atoms with E-state index in [0.29, 0.717) is 5.56 Å². The molecular weight excluding hydrogens is 216 g/mol. The van der Waals surface area contributed by atoms with Crippen LogP contribution in [0.15, 0.2) is 42.5 Å². The average Bonchev–Trinajstić information content (AvgIpc) is 2.27. The Labute approximate surface area is 99.7 Å². The Morgan fingerprint density at radius 1 is 0.941 bits per heavy atom. The molecule has 0 bridgehead atoms. The van der Waals surface area contributed by atoms with E-state index in [9.17, 15) is 9.59 Å². The maximum atomic E-state index is 10.8. The smallest absolute Gasteiger partial charge is 0.336 e. The molecule has 0 amide bonds. The van der Waals surface area contributed by atoms with E-state index in [-0.39, 0.29) is 5.78 Å². The van der Waals surface area contributed by atoms with Gasteiger partial charge in [-0.15, -0.1) is 0 Å². The van der Waals surface area contributed by atoms with Crippen molar-refractivity contribution < 1.29 is 14.7 Å². The van der Waals surface area contributed by atoms with Crippen molar-refractivity contribution in [3.05, 3.63) is 48.0 Å². The molecule has 2 aromatic carbocycles. The lowest BCUT2D eigenvalue weighted by Gasteiger charge is -2.00. The van der Waals surface area contributed by atoms with Crippen LogP contribution in [-0.4, -0.2) is 16.9 Å². The van der Waals surface area contributed by atoms with E-state index >= 15 is 0 Å². The zero-order valence-corrected chi connectivity index (χ0v) is 9.81. The molecule has 0 atom stereocenters. The second-order valence-electron chi connectivity index (χ2n) is 3.74. The zero-order chi connectivity index (χ0) is 12.8. The average molecular weight is 230 g/mol. The number of benzene rings is 2. The van der Waals surface area contributed by atoms with Crippen LogP contribution < -0.4 is 0 Å². The van der Waals surface area contributed by atoms with Crippen LogP contribution in [0.5, 0.6) is 0 Å². The molecule has 0 fully saturated rings. The standard InChI is InChI=1S/C11H8O2.C3H6O/c12-11(13)10-7-3-5-8-4-1-2-6-9(8)10;1-3(2)4/h1-7H,(H,12,13);1-2H3. The van der Waals surface area contributed by atoms with E-state index in [4.69, 9.17) is 5.11 Å². The lowest BCUT2D eigenvalue weighted by atomic mass is 10.1. The summed E-state index contributed by atoms with van der Waals surface area (Å²) >= 11 is 0. The molecule has 0 saturated carbocycles. The largest absolute Gasteiger partial charge is 0.478 e. The van der Waals surface area contributed by atoms with Crippen LogP contribution in [0.25, 0.3) is 10.8 Å². The maximum absolute atomic E-state index is 10.8. The van der Waals surface area contributed by atoms with E-state index in [1.807, 2.05) is 30.3 Å². The van der Waals surface area contributed by atoms with Gasteiger partial charge in [0.05, 0.1) is 5.56 Å². The highest BCUT2D eigenvalue weighted by Gasteiger charge is 2.05. The minimum absolute atomic E-state index is 0.167. The molecule has 3 nitrogen and oxygen atoms in total. The first kappa shape index (κ1) is 12.9. The van der Waals surface area contributed by atoms with Crippen molar-refractivity contribution in [1.29, 1.82) is 0 Å². The summed E-state index contributed by atoms with van der Waals surface area (Å²) < 4.78 is 0. The molecule has 1 N–H and O–H groups in total. The van der Waals surface area contributed by atoms with Gasteiger partial charge in [0.25, 0.3) is 0 Å². The quantitative estimate of drug-likeness (QED) is 0.818. The van der Waals surface area contributed by atoms with Gasteiger partial charge >= 0.3 is 5.97 Å². The third-order valence-corrected chi connectivity index (χ3v) is 2.02. The Kier molecular flexibility index (Phi) is 4.40. The van der Waals surface area contributed by atoms with E-state index in [0.717, 1.165) is 10.8 Å². The van der Waals surface area contributed by atoms with Crippen molar-refractivity contribution in [2.45, 2.75) is 13.8 Å². The topological polar surface area (TPSA) is 54.4 Å². The summed E-state index contributed by atoms with van der Waals surface area (Å²) in [5, 5.41) is 10.6. The molecule has 0 aliphatic carbocycles. The van der Waals surface area contributed by atoms with Crippen molar-refractivity contribution in [1.82, 2.24) is 0 Å². The number of carbonyl (C=O) groups excluding carboxylic acids is 1. The van der Waals surface area contributed by atoms with Crippen LogP contribution in [0, 0.1) is 0 Å². The molecule has 2 aromatic rings. The van der Waals surface area contributed by atoms with Crippen LogP contribution >= 0.6 is 0 Å². The third kappa shape index (κ3) is 3.72. The minimum atomic E-state index is -0.878. The fraction of sp³-hybridized carbons (Fsp3) is 0.143. The van der Waals surface area contributed by atoms with Crippen LogP contribution in [0.4, 0.5) is 0 Å². The number of rotatable bonds is 1. The lowest BCUT2D eigenvalue weighted by Crippen LogP contribution is -1.96. The van der Waals surface area contributed by atoms with Gasteiger partial charge in [0.1, 0.15) is 5.78 Å². The number of hydrogen-bond acceptors (Lipinski definition) is 2. The van der Waals surface area contributed by atoms with E-state index < -0.39 is 5.97 Å². The predicted octanol–water partition coefficient (Wildman–Crippen LogP) is 3.13. The normalized spacial score (nSPS) is 9.29. The number of carbonyl (C=O) groups is 2. The van der Waals surface area contributed by atoms with Crippen LogP contribution in [-0.2, 0) is 4.79 Å². The van der Waals surface area contributed by atoms with Gasteiger partial charge in [0.15, 0.2) is 0 Å². The second-order valence-corrected chi connectivity index (χ2v) is 3.74.